The second kappa shape index (κ2) is 17.3. The normalized spacial score (nSPS) is 12.6. The Bertz CT molecular complexity index is 3510. The Morgan fingerprint density at radius 3 is 1.95 bits per heavy atom. The maximum atomic E-state index is 13.4. The summed E-state index contributed by atoms with van der Waals surface area (Å²) in [6.45, 7) is 7.56. The van der Waals surface area contributed by atoms with Crippen molar-refractivity contribution in [1.82, 2.24) is 15.0 Å². The Morgan fingerprint density at radius 1 is 0.727 bits per heavy atom. The molecule has 326 valence electrons. The van der Waals surface area contributed by atoms with Gasteiger partial charge in [-0.1, -0.05) is 61.2 Å². The van der Waals surface area contributed by atoms with Crippen molar-refractivity contribution in [2.75, 3.05) is 17.2 Å². The molecule has 0 atom stereocenters. The van der Waals surface area contributed by atoms with E-state index in [-0.39, 0.29) is 23.3 Å². The molecule has 0 spiro atoms. The molecule has 2 amide bonds. The SMILES string of the molecule is C=Cc1nc(-c2ccc(NC(=O)OCC3c4ccccc4-c4ccccc43)cc2)sc1/C=C(\C)C(=O)Nc1ccc(-c2nc3ccc(-c4nc5ccc(C)c(S(=O)(=O)O)c5s4)cc3s2)cc1. The van der Waals surface area contributed by atoms with Crippen molar-refractivity contribution in [3.63, 3.8) is 0 Å². The minimum atomic E-state index is -4.42. The first-order valence-electron chi connectivity index (χ1n) is 20.6. The summed E-state index contributed by atoms with van der Waals surface area (Å²) in [6.07, 6.45) is 2.93. The molecule has 3 N–H and O–H groups in total. The van der Waals surface area contributed by atoms with Crippen molar-refractivity contribution in [2.24, 2.45) is 0 Å². The van der Waals surface area contributed by atoms with Gasteiger partial charge >= 0.3 is 6.09 Å². The summed E-state index contributed by atoms with van der Waals surface area (Å²) in [5.41, 5.74) is 11.3. The molecule has 66 heavy (non-hydrogen) atoms. The third-order valence-electron chi connectivity index (χ3n) is 11.3. The second-order valence-electron chi connectivity index (χ2n) is 15.6. The highest BCUT2D eigenvalue weighted by molar-refractivity contribution is 7.86. The van der Waals surface area contributed by atoms with Gasteiger partial charge < -0.3 is 10.1 Å². The highest BCUT2D eigenvalue weighted by Gasteiger charge is 2.29. The molecule has 11 nitrogen and oxygen atoms in total. The van der Waals surface area contributed by atoms with E-state index in [1.54, 1.807) is 50.3 Å². The topological polar surface area (TPSA) is 160 Å². The van der Waals surface area contributed by atoms with Crippen LogP contribution in [0.3, 0.4) is 0 Å². The van der Waals surface area contributed by atoms with Crippen molar-refractivity contribution in [1.29, 1.82) is 0 Å². The van der Waals surface area contributed by atoms with Crippen LogP contribution in [0.4, 0.5) is 16.2 Å². The average Bonchev–Trinajstić information content (AvgIpc) is 4.11. The van der Waals surface area contributed by atoms with E-state index in [0.29, 0.717) is 43.4 Å². The Kier molecular flexibility index (Phi) is 11.2. The minimum Gasteiger partial charge on any atom is -0.448 e. The molecule has 0 radical (unpaired) electrons. The number of benzene rings is 6. The zero-order valence-corrected chi connectivity index (χ0v) is 38.5. The van der Waals surface area contributed by atoms with Crippen LogP contribution in [-0.4, -0.2) is 46.5 Å². The number of hydrogen-bond donors (Lipinski definition) is 3. The molecule has 15 heteroatoms. The van der Waals surface area contributed by atoms with Gasteiger partial charge in [0.15, 0.2) is 0 Å². The molecule has 6 aromatic carbocycles. The Labute approximate surface area is 391 Å². The minimum absolute atomic E-state index is 0.0323. The van der Waals surface area contributed by atoms with Gasteiger partial charge in [0.1, 0.15) is 26.5 Å². The van der Waals surface area contributed by atoms with Crippen LogP contribution in [0.5, 0.6) is 0 Å². The van der Waals surface area contributed by atoms with Gasteiger partial charge in [0, 0.05) is 39.6 Å². The molecule has 0 bridgehead atoms. The number of nitrogens with zero attached hydrogens (tertiary/aromatic N) is 3. The highest BCUT2D eigenvalue weighted by atomic mass is 32.2. The first kappa shape index (κ1) is 42.8. The molecular weight excluding hydrogens is 907 g/mol. The number of aromatic nitrogens is 3. The first-order chi connectivity index (χ1) is 31.9. The summed E-state index contributed by atoms with van der Waals surface area (Å²) in [5.74, 6) is -0.298. The Balaban J connectivity index is 0.771. The van der Waals surface area contributed by atoms with Crippen LogP contribution >= 0.6 is 34.0 Å². The number of carbonyl (C=O) groups is 2. The zero-order valence-electron chi connectivity index (χ0n) is 35.2. The van der Waals surface area contributed by atoms with Crippen molar-refractivity contribution < 1.29 is 27.3 Å². The Hall–Kier alpha value is -7.14. The second-order valence-corrected chi connectivity index (χ2v) is 20.0. The van der Waals surface area contributed by atoms with E-state index >= 15 is 0 Å². The molecule has 3 aromatic heterocycles. The molecule has 1 aliphatic carbocycles. The smallest absolute Gasteiger partial charge is 0.411 e. The zero-order chi connectivity index (χ0) is 45.7. The largest absolute Gasteiger partial charge is 0.448 e. The van der Waals surface area contributed by atoms with E-state index in [2.05, 4.69) is 46.5 Å². The molecule has 10 rings (SSSR count). The summed E-state index contributed by atoms with van der Waals surface area (Å²) in [4.78, 5) is 41.2. The molecule has 0 saturated heterocycles. The van der Waals surface area contributed by atoms with Crippen LogP contribution in [0.1, 0.15) is 40.1 Å². The third-order valence-corrected chi connectivity index (χ3v) is 15.7. The number of nitrogens with one attached hydrogen (secondary N) is 2. The summed E-state index contributed by atoms with van der Waals surface area (Å²) in [6, 6.07) is 40.5. The third kappa shape index (κ3) is 8.34. The molecule has 3 heterocycles. The van der Waals surface area contributed by atoms with Crippen molar-refractivity contribution in [2.45, 2.75) is 24.7 Å². The number of amides is 2. The fraction of sp³-hybridized carbons (Fsp3) is 0.0784. The summed E-state index contributed by atoms with van der Waals surface area (Å²) < 4.78 is 41.2. The van der Waals surface area contributed by atoms with Gasteiger partial charge in [-0.15, -0.1) is 34.0 Å². The lowest BCUT2D eigenvalue weighted by molar-refractivity contribution is -0.112. The van der Waals surface area contributed by atoms with Crippen molar-refractivity contribution in [3.8, 4) is 42.8 Å². The van der Waals surface area contributed by atoms with Crippen LogP contribution in [0.25, 0.3) is 75.4 Å². The van der Waals surface area contributed by atoms with Gasteiger partial charge in [0.25, 0.3) is 16.0 Å². The number of rotatable bonds is 11. The molecule has 0 unspecified atom stereocenters. The molecule has 0 saturated carbocycles. The maximum Gasteiger partial charge on any atom is 0.411 e. The van der Waals surface area contributed by atoms with Crippen LogP contribution in [0.15, 0.2) is 144 Å². The van der Waals surface area contributed by atoms with Crippen LogP contribution in [0, 0.1) is 6.92 Å². The average molecular weight is 944 g/mol. The van der Waals surface area contributed by atoms with Gasteiger partial charge in [-0.05, 0) is 127 Å². The molecule has 0 aliphatic heterocycles. The lowest BCUT2D eigenvalue weighted by Gasteiger charge is -2.14. The summed E-state index contributed by atoms with van der Waals surface area (Å²) in [7, 11) is -4.42. The fourth-order valence-electron chi connectivity index (χ4n) is 8.04. The maximum absolute atomic E-state index is 13.4. The van der Waals surface area contributed by atoms with E-state index < -0.39 is 16.2 Å². The molecule has 1 aliphatic rings. The van der Waals surface area contributed by atoms with Gasteiger partial charge in [0.05, 0.1) is 31.0 Å². The van der Waals surface area contributed by atoms with Gasteiger partial charge in [-0.2, -0.15) is 8.42 Å². The van der Waals surface area contributed by atoms with Crippen LogP contribution in [0.2, 0.25) is 0 Å². The Morgan fingerprint density at radius 2 is 1.30 bits per heavy atom. The lowest BCUT2D eigenvalue weighted by Crippen LogP contribution is -2.17. The monoisotopic (exact) mass is 943 g/mol. The number of fused-ring (bicyclic) bond motifs is 5. The van der Waals surface area contributed by atoms with E-state index in [0.717, 1.165) is 52.9 Å². The number of anilines is 2. The summed E-state index contributed by atoms with van der Waals surface area (Å²) in [5, 5.41) is 7.99. The lowest BCUT2D eigenvalue weighted by atomic mass is 9.98. The predicted octanol–water partition coefficient (Wildman–Crippen LogP) is 13.0. The summed E-state index contributed by atoms with van der Waals surface area (Å²) >= 11 is 4.16. The number of ether oxygens (including phenoxy) is 1. The quantitative estimate of drug-likeness (QED) is 0.0847. The van der Waals surface area contributed by atoms with E-state index in [1.165, 1.54) is 45.1 Å². The van der Waals surface area contributed by atoms with Crippen molar-refractivity contribution in [3.05, 3.63) is 167 Å². The molecule has 9 aromatic rings. The van der Waals surface area contributed by atoms with Gasteiger partial charge in [0.2, 0.25) is 0 Å². The van der Waals surface area contributed by atoms with Crippen LogP contribution in [-0.2, 0) is 19.6 Å². The van der Waals surface area contributed by atoms with Crippen LogP contribution < -0.4 is 10.6 Å². The van der Waals surface area contributed by atoms with Gasteiger partial charge in [-0.3, -0.25) is 14.7 Å². The molecule has 0 fully saturated rings. The first-order valence-corrected chi connectivity index (χ1v) is 24.5. The van der Waals surface area contributed by atoms with E-state index in [1.807, 2.05) is 78.9 Å². The standard InChI is InChI=1S/C51H37N5O6S4/c1-4-40-43(63-48(54-40)30-16-21-34(22-17-30)53-51(58)62-27-39-37-11-7-5-9-35(37)36-10-6-8-12-38(36)39)25-29(3)47(57)52-33-19-14-31(15-20-33)49-55-41-24-18-32(26-44(41)64-49)50-56-42-23-13-28(2)46(45(42)65-50)66(59,60)61/h4-26,39H,1,27H2,2-3H3,(H,52,57)(H,53,58)(H,59,60,61)/b29-25+. The predicted molar refractivity (Wildman–Crippen MR) is 267 cm³/mol. The number of aryl methyl sites for hydroxylation is 1. The van der Waals surface area contributed by atoms with E-state index in [9.17, 15) is 22.6 Å². The van der Waals surface area contributed by atoms with E-state index in [4.69, 9.17) is 14.7 Å². The highest BCUT2D eigenvalue weighted by Crippen LogP contribution is 2.45. The number of hydrogen-bond acceptors (Lipinski definition) is 11. The molecular formula is C51H37N5O6S4. The number of thiazole rings is 3. The van der Waals surface area contributed by atoms with Crippen molar-refractivity contribution >= 4 is 100 Å². The fourth-order valence-corrected chi connectivity index (χ4v) is 12.4. The number of carbonyl (C=O) groups excluding carboxylic acids is 2. The van der Waals surface area contributed by atoms with Gasteiger partial charge in [-0.25, -0.2) is 19.7 Å².